The summed E-state index contributed by atoms with van der Waals surface area (Å²) in [5.41, 5.74) is 6.96. The van der Waals surface area contributed by atoms with E-state index in [2.05, 4.69) is 12.2 Å². The molecule has 2 amide bonds. The van der Waals surface area contributed by atoms with Crippen molar-refractivity contribution in [1.29, 1.82) is 0 Å². The third kappa shape index (κ3) is 3.53. The molecule has 26 heavy (non-hydrogen) atoms. The van der Waals surface area contributed by atoms with Crippen molar-refractivity contribution in [2.45, 2.75) is 45.4 Å². The number of rotatable bonds is 5. The van der Waals surface area contributed by atoms with Gasteiger partial charge >= 0.3 is 5.97 Å². The van der Waals surface area contributed by atoms with Gasteiger partial charge in [0.1, 0.15) is 5.00 Å². The number of thiophene rings is 1. The van der Waals surface area contributed by atoms with Gasteiger partial charge in [-0.25, -0.2) is 0 Å². The number of nitrogens with two attached hydrogens (primary N) is 1. The van der Waals surface area contributed by atoms with E-state index in [0.717, 1.165) is 36.1 Å². The van der Waals surface area contributed by atoms with E-state index < -0.39 is 23.7 Å². The molecule has 1 aromatic rings. The maximum absolute atomic E-state index is 12.7. The van der Waals surface area contributed by atoms with Crippen LogP contribution in [0.5, 0.6) is 0 Å². The zero-order valence-electron chi connectivity index (χ0n) is 14.8. The van der Waals surface area contributed by atoms with Gasteiger partial charge in [-0.3, -0.25) is 14.4 Å². The van der Waals surface area contributed by atoms with E-state index in [1.807, 2.05) is 6.08 Å². The molecule has 0 saturated carbocycles. The summed E-state index contributed by atoms with van der Waals surface area (Å²) in [6.45, 7) is 2.16. The first-order valence-electron chi connectivity index (χ1n) is 9.05. The fourth-order valence-corrected chi connectivity index (χ4v) is 5.30. The Balaban J connectivity index is 1.86. The van der Waals surface area contributed by atoms with Crippen LogP contribution in [0, 0.1) is 17.8 Å². The molecule has 0 fully saturated rings. The number of hydrogen-bond donors (Lipinski definition) is 3. The summed E-state index contributed by atoms with van der Waals surface area (Å²) < 4.78 is 0. The Hall–Kier alpha value is -2.15. The summed E-state index contributed by atoms with van der Waals surface area (Å²) >= 11 is 1.41. The summed E-state index contributed by atoms with van der Waals surface area (Å²) in [4.78, 5) is 37.3. The molecule has 1 aromatic heterocycles. The molecule has 2 aliphatic rings. The van der Waals surface area contributed by atoms with Crippen LogP contribution in [-0.2, 0) is 22.4 Å². The van der Waals surface area contributed by atoms with Crippen molar-refractivity contribution in [1.82, 2.24) is 0 Å². The fourth-order valence-electron chi connectivity index (χ4n) is 3.93. The zero-order chi connectivity index (χ0) is 18.8. The lowest BCUT2D eigenvalue weighted by Gasteiger charge is -2.24. The third-order valence-corrected chi connectivity index (χ3v) is 6.68. The lowest BCUT2D eigenvalue weighted by molar-refractivity contribution is -0.146. The van der Waals surface area contributed by atoms with Crippen molar-refractivity contribution in [2.75, 3.05) is 5.32 Å². The quantitative estimate of drug-likeness (QED) is 0.686. The minimum atomic E-state index is -0.971. The van der Waals surface area contributed by atoms with Crippen molar-refractivity contribution < 1.29 is 19.5 Å². The highest BCUT2D eigenvalue weighted by atomic mass is 32.1. The number of nitrogens with one attached hydrogen (secondary N) is 1. The van der Waals surface area contributed by atoms with Crippen LogP contribution in [0.3, 0.4) is 0 Å². The lowest BCUT2D eigenvalue weighted by atomic mass is 9.82. The Morgan fingerprint density at radius 1 is 1.27 bits per heavy atom. The molecule has 0 radical (unpaired) electrons. The second-order valence-corrected chi connectivity index (χ2v) is 8.18. The molecule has 3 atom stereocenters. The van der Waals surface area contributed by atoms with Gasteiger partial charge in [0, 0.05) is 4.88 Å². The summed E-state index contributed by atoms with van der Waals surface area (Å²) in [7, 11) is 0. The number of hydrogen-bond acceptors (Lipinski definition) is 4. The Morgan fingerprint density at radius 2 is 1.96 bits per heavy atom. The molecule has 0 spiro atoms. The van der Waals surface area contributed by atoms with Gasteiger partial charge in [-0.2, -0.15) is 0 Å². The molecule has 0 aromatic carbocycles. The van der Waals surface area contributed by atoms with Crippen molar-refractivity contribution in [3.05, 3.63) is 28.2 Å². The number of aliphatic carboxylic acids is 1. The van der Waals surface area contributed by atoms with Gasteiger partial charge < -0.3 is 16.2 Å². The van der Waals surface area contributed by atoms with Gasteiger partial charge in [-0.1, -0.05) is 25.5 Å². The standard InChI is InChI=1S/C19H24N2O4S/c1-2-10-7-8-13-14(9-10)26-18(15(13)16(20)22)21-17(23)11-5-3-4-6-12(11)19(24)25/h3-4,10-12H,2,5-9H2,1H3,(H2,20,22)(H,21,23)(H,24,25)/t10-,11-,12-/m1/s1. The zero-order valence-corrected chi connectivity index (χ0v) is 15.6. The minimum Gasteiger partial charge on any atom is -0.481 e. The largest absolute Gasteiger partial charge is 0.481 e. The first-order valence-corrected chi connectivity index (χ1v) is 9.87. The van der Waals surface area contributed by atoms with Gasteiger partial charge in [0.15, 0.2) is 0 Å². The van der Waals surface area contributed by atoms with E-state index in [0.29, 0.717) is 29.3 Å². The molecule has 4 N–H and O–H groups in total. The molecule has 6 nitrogen and oxygen atoms in total. The van der Waals surface area contributed by atoms with Crippen molar-refractivity contribution >= 4 is 34.1 Å². The van der Waals surface area contributed by atoms with E-state index >= 15 is 0 Å². The molecular weight excluding hydrogens is 352 g/mol. The minimum absolute atomic E-state index is 0.342. The lowest BCUT2D eigenvalue weighted by Crippen LogP contribution is -2.35. The van der Waals surface area contributed by atoms with E-state index in [1.54, 1.807) is 6.08 Å². The highest BCUT2D eigenvalue weighted by Crippen LogP contribution is 2.40. The SMILES string of the molecule is CC[C@@H]1CCc2c(sc(NC(=O)[C@@H]3CC=CC[C@H]3C(=O)O)c2C(N)=O)C1. The first kappa shape index (κ1) is 18.6. The number of amides is 2. The molecule has 140 valence electrons. The predicted octanol–water partition coefficient (Wildman–Crippen LogP) is 2.97. The van der Waals surface area contributed by atoms with Crippen LogP contribution >= 0.6 is 11.3 Å². The maximum atomic E-state index is 12.7. The number of carbonyl (C=O) groups is 3. The highest BCUT2D eigenvalue weighted by molar-refractivity contribution is 7.17. The molecular formula is C19H24N2O4S. The molecule has 0 aliphatic heterocycles. The molecule has 2 aliphatic carbocycles. The summed E-state index contributed by atoms with van der Waals surface area (Å²) in [6.07, 6.45) is 8.16. The Kier molecular flexibility index (Phi) is 5.46. The number of anilines is 1. The average molecular weight is 376 g/mol. The number of carboxylic acids is 1. The van der Waals surface area contributed by atoms with Crippen molar-refractivity contribution in [3.63, 3.8) is 0 Å². The predicted molar refractivity (Wildman–Crippen MR) is 100 cm³/mol. The van der Waals surface area contributed by atoms with Crippen molar-refractivity contribution in [2.24, 2.45) is 23.5 Å². The van der Waals surface area contributed by atoms with Crippen LogP contribution in [0.4, 0.5) is 5.00 Å². The second-order valence-electron chi connectivity index (χ2n) is 7.07. The summed E-state index contributed by atoms with van der Waals surface area (Å²) in [6, 6.07) is 0. The van der Waals surface area contributed by atoms with E-state index in [-0.39, 0.29) is 5.91 Å². The number of primary amides is 1. The van der Waals surface area contributed by atoms with E-state index in [1.165, 1.54) is 11.3 Å². The van der Waals surface area contributed by atoms with Gasteiger partial charge in [-0.15, -0.1) is 11.3 Å². The van der Waals surface area contributed by atoms with E-state index in [4.69, 9.17) is 5.73 Å². The number of fused-ring (bicyclic) bond motifs is 1. The van der Waals surface area contributed by atoms with Crippen LogP contribution in [0.2, 0.25) is 0 Å². The fraction of sp³-hybridized carbons (Fsp3) is 0.526. The van der Waals surface area contributed by atoms with Gasteiger partial charge in [0.2, 0.25) is 5.91 Å². The van der Waals surface area contributed by atoms with E-state index in [9.17, 15) is 19.5 Å². The monoisotopic (exact) mass is 376 g/mol. The Morgan fingerprint density at radius 3 is 2.58 bits per heavy atom. The van der Waals surface area contributed by atoms with Gasteiger partial charge in [0.05, 0.1) is 17.4 Å². The number of allylic oxidation sites excluding steroid dienone is 2. The van der Waals surface area contributed by atoms with Crippen LogP contribution in [0.15, 0.2) is 12.2 Å². The highest BCUT2D eigenvalue weighted by Gasteiger charge is 2.35. The molecule has 7 heteroatoms. The average Bonchev–Trinajstić information content (AvgIpc) is 2.98. The van der Waals surface area contributed by atoms with Gasteiger partial charge in [0.25, 0.3) is 5.91 Å². The maximum Gasteiger partial charge on any atom is 0.307 e. The Labute approximate surface area is 156 Å². The van der Waals surface area contributed by atoms with Crippen LogP contribution in [0.1, 0.15) is 53.4 Å². The third-order valence-electron chi connectivity index (χ3n) is 5.51. The van der Waals surface area contributed by atoms with Crippen LogP contribution in [0.25, 0.3) is 0 Å². The number of carbonyl (C=O) groups excluding carboxylic acids is 2. The normalized spacial score (nSPS) is 24.7. The van der Waals surface area contributed by atoms with Gasteiger partial charge in [-0.05, 0) is 43.6 Å². The molecule has 3 rings (SSSR count). The Bertz CT molecular complexity index is 768. The van der Waals surface area contributed by atoms with Crippen LogP contribution in [-0.4, -0.2) is 22.9 Å². The number of carboxylic acid groups (broad SMARTS) is 1. The second kappa shape index (κ2) is 7.61. The first-order chi connectivity index (χ1) is 12.4. The molecule has 0 saturated heterocycles. The molecule has 0 bridgehead atoms. The molecule has 0 unspecified atom stereocenters. The molecule has 1 heterocycles. The smallest absolute Gasteiger partial charge is 0.307 e. The van der Waals surface area contributed by atoms with Crippen molar-refractivity contribution in [3.8, 4) is 0 Å². The summed E-state index contributed by atoms with van der Waals surface area (Å²) in [5, 5.41) is 12.7. The topological polar surface area (TPSA) is 109 Å². The van der Waals surface area contributed by atoms with Crippen LogP contribution < -0.4 is 11.1 Å². The summed E-state index contributed by atoms with van der Waals surface area (Å²) in [5.74, 6) is -2.65.